The first-order valence-corrected chi connectivity index (χ1v) is 10.0. The Morgan fingerprint density at radius 2 is 1.93 bits per heavy atom. The van der Waals surface area contributed by atoms with Gasteiger partial charge in [-0.3, -0.25) is 10.1 Å². The summed E-state index contributed by atoms with van der Waals surface area (Å²) in [5, 5.41) is 24.2. The maximum absolute atomic E-state index is 11.4. The molecule has 1 heterocycles. The zero-order valence-corrected chi connectivity index (χ0v) is 16.9. The number of benzene rings is 2. The summed E-state index contributed by atoms with van der Waals surface area (Å²) in [7, 11) is 0. The fourth-order valence-corrected chi connectivity index (χ4v) is 3.52. The van der Waals surface area contributed by atoms with E-state index in [0.29, 0.717) is 29.6 Å². The molecule has 3 rings (SSSR count). The predicted molar refractivity (Wildman–Crippen MR) is 113 cm³/mol. The number of nitro benzene ring substituents is 1. The molecule has 29 heavy (non-hydrogen) atoms. The molecule has 0 radical (unpaired) electrons. The molecule has 2 aromatic rings. The third kappa shape index (κ3) is 5.96. The number of anilines is 2. The third-order valence-corrected chi connectivity index (χ3v) is 5.23. The van der Waals surface area contributed by atoms with Gasteiger partial charge in [0.25, 0.3) is 5.69 Å². The van der Waals surface area contributed by atoms with E-state index in [4.69, 9.17) is 21.4 Å². The molecular formula is C20H26ClN4O4+. The summed E-state index contributed by atoms with van der Waals surface area (Å²) < 4.78 is 5.64. The number of quaternary nitrogens is 1. The van der Waals surface area contributed by atoms with Gasteiger partial charge in [-0.2, -0.15) is 0 Å². The summed E-state index contributed by atoms with van der Waals surface area (Å²) >= 11 is 5.85. The molecule has 156 valence electrons. The van der Waals surface area contributed by atoms with Gasteiger partial charge in [0, 0.05) is 23.3 Å². The molecule has 3 N–H and O–H groups in total. The minimum atomic E-state index is -0.379. The van der Waals surface area contributed by atoms with Crippen molar-refractivity contribution in [1.29, 1.82) is 0 Å². The Labute approximate surface area is 174 Å². The van der Waals surface area contributed by atoms with Gasteiger partial charge in [-0.15, -0.1) is 0 Å². The highest BCUT2D eigenvalue weighted by molar-refractivity contribution is 6.30. The summed E-state index contributed by atoms with van der Waals surface area (Å²) in [6, 6.07) is 12.2. The molecule has 1 fully saturated rings. The number of hydrogen-bond acceptors (Lipinski definition) is 6. The summed E-state index contributed by atoms with van der Waals surface area (Å²) in [4.78, 5) is 14.6. The SMILES string of the molecule is O=[N+]([O-])c1ccc(N2CC[NH+](CCO)CC2)cc1NCCOc1ccc(Cl)cc1. The van der Waals surface area contributed by atoms with E-state index in [2.05, 4.69) is 10.2 Å². The van der Waals surface area contributed by atoms with Crippen molar-refractivity contribution in [3.8, 4) is 5.75 Å². The lowest BCUT2D eigenvalue weighted by molar-refractivity contribution is -0.900. The van der Waals surface area contributed by atoms with Gasteiger partial charge in [0.1, 0.15) is 24.6 Å². The monoisotopic (exact) mass is 421 g/mol. The zero-order valence-electron chi connectivity index (χ0n) is 16.1. The molecule has 0 amide bonds. The molecule has 9 heteroatoms. The lowest BCUT2D eigenvalue weighted by Gasteiger charge is -2.33. The van der Waals surface area contributed by atoms with E-state index in [0.717, 1.165) is 38.4 Å². The van der Waals surface area contributed by atoms with Gasteiger partial charge in [0.2, 0.25) is 0 Å². The Morgan fingerprint density at radius 1 is 1.21 bits per heavy atom. The lowest BCUT2D eigenvalue weighted by atomic mass is 10.2. The molecule has 1 aliphatic heterocycles. The highest BCUT2D eigenvalue weighted by atomic mass is 35.5. The summed E-state index contributed by atoms with van der Waals surface area (Å²) in [6.07, 6.45) is 0. The number of aliphatic hydroxyl groups excluding tert-OH is 1. The molecule has 0 aromatic heterocycles. The molecule has 1 saturated heterocycles. The number of rotatable bonds is 9. The fraction of sp³-hybridized carbons (Fsp3) is 0.400. The van der Waals surface area contributed by atoms with Crippen LogP contribution in [0.25, 0.3) is 0 Å². The number of piperazine rings is 1. The molecule has 0 bridgehead atoms. The normalized spacial score (nSPS) is 14.6. The number of nitrogens with zero attached hydrogens (tertiary/aromatic N) is 2. The van der Waals surface area contributed by atoms with Crippen LogP contribution >= 0.6 is 11.6 Å². The Bertz CT molecular complexity index is 811. The molecule has 1 aliphatic rings. The minimum Gasteiger partial charge on any atom is -0.492 e. The van der Waals surface area contributed by atoms with Crippen molar-refractivity contribution in [2.75, 3.05) is 62.7 Å². The van der Waals surface area contributed by atoms with Gasteiger partial charge in [-0.25, -0.2) is 0 Å². The Kier molecular flexibility index (Phi) is 7.51. The van der Waals surface area contributed by atoms with Crippen LogP contribution in [-0.2, 0) is 0 Å². The van der Waals surface area contributed by atoms with Gasteiger partial charge in [-0.1, -0.05) is 11.6 Å². The van der Waals surface area contributed by atoms with E-state index >= 15 is 0 Å². The van der Waals surface area contributed by atoms with Crippen molar-refractivity contribution in [2.24, 2.45) is 0 Å². The van der Waals surface area contributed by atoms with E-state index in [-0.39, 0.29) is 17.2 Å². The van der Waals surface area contributed by atoms with Gasteiger partial charge < -0.3 is 25.0 Å². The van der Waals surface area contributed by atoms with Crippen LogP contribution in [0.1, 0.15) is 0 Å². The van der Waals surface area contributed by atoms with Crippen molar-refractivity contribution < 1.29 is 19.7 Å². The Morgan fingerprint density at radius 3 is 2.59 bits per heavy atom. The van der Waals surface area contributed by atoms with Gasteiger partial charge in [0.05, 0.1) is 37.7 Å². The second kappa shape index (κ2) is 10.3. The fourth-order valence-electron chi connectivity index (χ4n) is 3.40. The van der Waals surface area contributed by atoms with Crippen molar-refractivity contribution in [2.45, 2.75) is 0 Å². The average molecular weight is 422 g/mol. The second-order valence-corrected chi connectivity index (χ2v) is 7.33. The molecule has 0 unspecified atom stereocenters. The van der Waals surface area contributed by atoms with Crippen LogP contribution in [0.3, 0.4) is 0 Å². The highest BCUT2D eigenvalue weighted by Gasteiger charge is 2.22. The number of aliphatic hydroxyl groups is 1. The summed E-state index contributed by atoms with van der Waals surface area (Å²) in [6.45, 7) is 5.34. The van der Waals surface area contributed by atoms with Gasteiger partial charge in [0.15, 0.2) is 0 Å². The first kappa shape index (κ1) is 21.2. The standard InChI is InChI=1S/C20H25ClN4O4/c21-16-1-4-18(5-2-16)29-14-7-22-19-15-17(3-6-20(19)25(27)28)24-10-8-23(9-11-24)12-13-26/h1-6,15,22,26H,7-14H2/p+1. The highest BCUT2D eigenvalue weighted by Crippen LogP contribution is 2.29. The van der Waals surface area contributed by atoms with Crippen LogP contribution in [0.2, 0.25) is 5.02 Å². The van der Waals surface area contributed by atoms with Crippen molar-refractivity contribution in [3.05, 3.63) is 57.6 Å². The number of nitro groups is 1. The number of hydrogen-bond donors (Lipinski definition) is 3. The molecular weight excluding hydrogens is 396 g/mol. The number of nitrogens with one attached hydrogen (secondary N) is 2. The smallest absolute Gasteiger partial charge is 0.292 e. The molecule has 0 aliphatic carbocycles. The second-order valence-electron chi connectivity index (χ2n) is 6.90. The average Bonchev–Trinajstić information content (AvgIpc) is 2.73. The number of halogens is 1. The van der Waals surface area contributed by atoms with Gasteiger partial charge >= 0.3 is 0 Å². The molecule has 2 aromatic carbocycles. The van der Waals surface area contributed by atoms with Gasteiger partial charge in [-0.05, 0) is 36.4 Å². The van der Waals surface area contributed by atoms with E-state index in [1.807, 2.05) is 6.07 Å². The topological polar surface area (TPSA) is 92.3 Å². The van der Waals surface area contributed by atoms with Crippen molar-refractivity contribution >= 4 is 28.7 Å². The third-order valence-electron chi connectivity index (χ3n) is 4.98. The van der Waals surface area contributed by atoms with E-state index in [1.54, 1.807) is 36.4 Å². The van der Waals surface area contributed by atoms with Crippen LogP contribution in [0.4, 0.5) is 17.1 Å². The van der Waals surface area contributed by atoms with Crippen LogP contribution in [0, 0.1) is 10.1 Å². The zero-order chi connectivity index (χ0) is 20.6. The van der Waals surface area contributed by atoms with E-state index in [1.165, 1.54) is 4.90 Å². The van der Waals surface area contributed by atoms with Crippen LogP contribution in [0.15, 0.2) is 42.5 Å². The molecule has 0 spiro atoms. The molecule has 8 nitrogen and oxygen atoms in total. The maximum atomic E-state index is 11.4. The number of ether oxygens (including phenoxy) is 1. The largest absolute Gasteiger partial charge is 0.492 e. The van der Waals surface area contributed by atoms with Crippen molar-refractivity contribution in [3.63, 3.8) is 0 Å². The quantitative estimate of drug-likeness (QED) is 0.322. The molecule has 0 atom stereocenters. The first-order valence-electron chi connectivity index (χ1n) is 9.67. The van der Waals surface area contributed by atoms with E-state index in [9.17, 15) is 10.1 Å². The maximum Gasteiger partial charge on any atom is 0.292 e. The lowest BCUT2D eigenvalue weighted by Crippen LogP contribution is -3.15. The minimum absolute atomic E-state index is 0.0461. The van der Waals surface area contributed by atoms with E-state index < -0.39 is 0 Å². The molecule has 0 saturated carbocycles. The Hall–Kier alpha value is -2.55. The van der Waals surface area contributed by atoms with Crippen molar-refractivity contribution in [1.82, 2.24) is 0 Å². The van der Waals surface area contributed by atoms with Crippen LogP contribution in [-0.4, -0.2) is 62.5 Å². The first-order chi connectivity index (χ1) is 14.1. The predicted octanol–water partition coefficient (Wildman–Crippen LogP) is 1.44. The Balaban J connectivity index is 1.59. The van der Waals surface area contributed by atoms with Crippen LogP contribution < -0.4 is 19.9 Å². The summed E-state index contributed by atoms with van der Waals surface area (Å²) in [5.41, 5.74) is 1.49. The van der Waals surface area contributed by atoms with Crippen LogP contribution in [0.5, 0.6) is 5.75 Å². The summed E-state index contributed by atoms with van der Waals surface area (Å²) in [5.74, 6) is 0.697.